The first-order valence-corrected chi connectivity index (χ1v) is 7.34. The van der Waals surface area contributed by atoms with Crippen molar-refractivity contribution in [1.29, 1.82) is 0 Å². The molecule has 5 heteroatoms. The third kappa shape index (κ3) is 4.62. The van der Waals surface area contributed by atoms with Crippen molar-refractivity contribution >= 4 is 34.6 Å². The van der Waals surface area contributed by atoms with E-state index in [0.29, 0.717) is 10.1 Å². The van der Waals surface area contributed by atoms with Gasteiger partial charge in [0.05, 0.1) is 13.2 Å². The highest BCUT2D eigenvalue weighted by Crippen LogP contribution is 2.19. The van der Waals surface area contributed by atoms with Crippen LogP contribution in [0.4, 0.5) is 5.69 Å². The number of halogens is 1. The van der Waals surface area contributed by atoms with Gasteiger partial charge in [-0.05, 0) is 61.1 Å². The molecule has 1 atom stereocenters. The first-order valence-electron chi connectivity index (χ1n) is 6.55. The van der Waals surface area contributed by atoms with Crippen LogP contribution >= 0.6 is 23.8 Å². The van der Waals surface area contributed by atoms with E-state index in [1.54, 1.807) is 7.11 Å². The smallest absolute Gasteiger partial charge is 0.171 e. The van der Waals surface area contributed by atoms with Crippen molar-refractivity contribution in [3.63, 3.8) is 0 Å². The Morgan fingerprint density at radius 3 is 2.57 bits per heavy atom. The molecule has 0 saturated carbocycles. The zero-order valence-corrected chi connectivity index (χ0v) is 13.5. The van der Waals surface area contributed by atoms with Crippen LogP contribution in [-0.2, 0) is 0 Å². The van der Waals surface area contributed by atoms with Gasteiger partial charge in [0, 0.05) is 10.7 Å². The molecule has 3 nitrogen and oxygen atoms in total. The highest BCUT2D eigenvalue weighted by molar-refractivity contribution is 7.80. The van der Waals surface area contributed by atoms with E-state index in [9.17, 15) is 0 Å². The SMILES string of the molecule is COc1cccc(C(C)NC(=S)Nc2ccc(Cl)cc2)c1. The van der Waals surface area contributed by atoms with Crippen LogP contribution in [0, 0.1) is 0 Å². The number of nitrogens with one attached hydrogen (secondary N) is 2. The van der Waals surface area contributed by atoms with Gasteiger partial charge in [0.1, 0.15) is 5.75 Å². The molecule has 21 heavy (non-hydrogen) atoms. The summed E-state index contributed by atoms with van der Waals surface area (Å²) in [5.41, 5.74) is 2.00. The minimum Gasteiger partial charge on any atom is -0.497 e. The molecule has 0 saturated heterocycles. The lowest BCUT2D eigenvalue weighted by molar-refractivity contribution is 0.413. The second kappa shape index (κ2) is 7.29. The summed E-state index contributed by atoms with van der Waals surface area (Å²) in [7, 11) is 1.66. The summed E-state index contributed by atoms with van der Waals surface area (Å²) in [4.78, 5) is 0. The van der Waals surface area contributed by atoms with Gasteiger partial charge in [-0.3, -0.25) is 0 Å². The van der Waals surface area contributed by atoms with E-state index in [4.69, 9.17) is 28.6 Å². The molecule has 0 aliphatic heterocycles. The van der Waals surface area contributed by atoms with E-state index in [1.165, 1.54) is 0 Å². The maximum Gasteiger partial charge on any atom is 0.171 e. The highest BCUT2D eigenvalue weighted by atomic mass is 35.5. The summed E-state index contributed by atoms with van der Waals surface area (Å²) in [6, 6.07) is 15.4. The lowest BCUT2D eigenvalue weighted by Crippen LogP contribution is -2.30. The second-order valence-corrected chi connectivity index (χ2v) is 5.45. The van der Waals surface area contributed by atoms with Crippen molar-refractivity contribution in [2.45, 2.75) is 13.0 Å². The normalized spacial score (nSPS) is 11.6. The standard InChI is InChI=1S/C16H17ClN2OS/c1-11(12-4-3-5-15(10-12)20-2)18-16(21)19-14-8-6-13(17)7-9-14/h3-11H,1-2H3,(H2,18,19,21). The molecule has 0 aromatic heterocycles. The number of ether oxygens (including phenoxy) is 1. The Morgan fingerprint density at radius 1 is 1.19 bits per heavy atom. The van der Waals surface area contributed by atoms with Crippen LogP contribution in [0.5, 0.6) is 5.75 Å². The second-order valence-electron chi connectivity index (χ2n) is 4.60. The maximum absolute atomic E-state index is 5.85. The molecule has 0 bridgehead atoms. The molecule has 0 aliphatic rings. The van der Waals surface area contributed by atoms with Crippen LogP contribution in [0.25, 0.3) is 0 Å². The van der Waals surface area contributed by atoms with Crippen molar-refractivity contribution in [2.24, 2.45) is 0 Å². The number of anilines is 1. The number of hydrogen-bond donors (Lipinski definition) is 2. The van der Waals surface area contributed by atoms with E-state index in [1.807, 2.05) is 55.5 Å². The number of hydrogen-bond acceptors (Lipinski definition) is 2. The Bertz CT molecular complexity index is 616. The van der Waals surface area contributed by atoms with Gasteiger partial charge in [-0.1, -0.05) is 23.7 Å². The average Bonchev–Trinajstić information content (AvgIpc) is 2.49. The van der Waals surface area contributed by atoms with Gasteiger partial charge < -0.3 is 15.4 Å². The fraction of sp³-hybridized carbons (Fsp3) is 0.188. The maximum atomic E-state index is 5.85. The van der Waals surface area contributed by atoms with Crippen LogP contribution < -0.4 is 15.4 Å². The van der Waals surface area contributed by atoms with Crippen LogP contribution in [0.2, 0.25) is 5.02 Å². The summed E-state index contributed by atoms with van der Waals surface area (Å²) < 4.78 is 5.23. The Balaban J connectivity index is 1.96. The summed E-state index contributed by atoms with van der Waals surface area (Å²) >= 11 is 11.2. The number of rotatable bonds is 4. The molecule has 1 unspecified atom stereocenters. The molecular formula is C16H17ClN2OS. The van der Waals surface area contributed by atoms with Gasteiger partial charge in [0.25, 0.3) is 0 Å². The zero-order chi connectivity index (χ0) is 15.2. The molecule has 0 aliphatic carbocycles. The predicted molar refractivity (Wildman–Crippen MR) is 92.2 cm³/mol. The number of benzene rings is 2. The Labute approximate surface area is 135 Å². The number of thiocarbonyl (C=S) groups is 1. The first kappa shape index (κ1) is 15.6. The Kier molecular flexibility index (Phi) is 5.42. The Hall–Kier alpha value is -1.78. The molecule has 2 aromatic rings. The molecule has 0 spiro atoms. The lowest BCUT2D eigenvalue weighted by atomic mass is 10.1. The molecule has 0 radical (unpaired) electrons. The van der Waals surface area contributed by atoms with Gasteiger partial charge in [-0.2, -0.15) is 0 Å². The molecular weight excluding hydrogens is 304 g/mol. The van der Waals surface area contributed by atoms with Crippen LogP contribution in [0.3, 0.4) is 0 Å². The van der Waals surface area contributed by atoms with E-state index in [2.05, 4.69) is 10.6 Å². The molecule has 2 rings (SSSR count). The fourth-order valence-electron chi connectivity index (χ4n) is 1.89. The minimum atomic E-state index is 0.0763. The van der Waals surface area contributed by atoms with Gasteiger partial charge in [0.15, 0.2) is 5.11 Å². The fourth-order valence-corrected chi connectivity index (χ4v) is 2.31. The third-order valence-corrected chi connectivity index (χ3v) is 3.52. The average molecular weight is 321 g/mol. The molecule has 0 heterocycles. The summed E-state index contributed by atoms with van der Waals surface area (Å²) in [6.07, 6.45) is 0. The first-order chi connectivity index (χ1) is 10.1. The summed E-state index contributed by atoms with van der Waals surface area (Å²) in [6.45, 7) is 2.05. The van der Waals surface area contributed by atoms with E-state index in [0.717, 1.165) is 17.0 Å². The van der Waals surface area contributed by atoms with Crippen molar-refractivity contribution in [3.05, 3.63) is 59.1 Å². The molecule has 0 fully saturated rings. The van der Waals surface area contributed by atoms with E-state index >= 15 is 0 Å². The van der Waals surface area contributed by atoms with Gasteiger partial charge in [0.2, 0.25) is 0 Å². The van der Waals surface area contributed by atoms with E-state index < -0.39 is 0 Å². The monoisotopic (exact) mass is 320 g/mol. The van der Waals surface area contributed by atoms with Crippen molar-refractivity contribution < 1.29 is 4.74 Å². The molecule has 2 N–H and O–H groups in total. The summed E-state index contributed by atoms with van der Waals surface area (Å²) in [5, 5.41) is 7.63. The largest absolute Gasteiger partial charge is 0.497 e. The predicted octanol–water partition coefficient (Wildman–Crippen LogP) is 4.40. The van der Waals surface area contributed by atoms with Gasteiger partial charge in [-0.15, -0.1) is 0 Å². The third-order valence-electron chi connectivity index (χ3n) is 3.04. The number of methoxy groups -OCH3 is 1. The van der Waals surface area contributed by atoms with Crippen molar-refractivity contribution in [3.8, 4) is 5.75 Å². The molecule has 2 aromatic carbocycles. The lowest BCUT2D eigenvalue weighted by Gasteiger charge is -2.18. The zero-order valence-electron chi connectivity index (χ0n) is 11.9. The molecule has 0 amide bonds. The van der Waals surface area contributed by atoms with Gasteiger partial charge >= 0.3 is 0 Å². The summed E-state index contributed by atoms with van der Waals surface area (Å²) in [5.74, 6) is 0.831. The van der Waals surface area contributed by atoms with Gasteiger partial charge in [-0.25, -0.2) is 0 Å². The molecule has 110 valence electrons. The quantitative estimate of drug-likeness (QED) is 0.818. The minimum absolute atomic E-state index is 0.0763. The van der Waals surface area contributed by atoms with E-state index in [-0.39, 0.29) is 6.04 Å². The topological polar surface area (TPSA) is 33.3 Å². The Morgan fingerprint density at radius 2 is 1.90 bits per heavy atom. The van der Waals surface area contributed by atoms with Crippen LogP contribution in [0.1, 0.15) is 18.5 Å². The van der Waals surface area contributed by atoms with Crippen molar-refractivity contribution in [1.82, 2.24) is 5.32 Å². The highest BCUT2D eigenvalue weighted by Gasteiger charge is 2.08. The van der Waals surface area contributed by atoms with Crippen LogP contribution in [0.15, 0.2) is 48.5 Å². The van der Waals surface area contributed by atoms with Crippen LogP contribution in [-0.4, -0.2) is 12.2 Å². The van der Waals surface area contributed by atoms with Crippen molar-refractivity contribution in [2.75, 3.05) is 12.4 Å².